The van der Waals surface area contributed by atoms with E-state index in [0.29, 0.717) is 57.9 Å². The Morgan fingerprint density at radius 3 is 1.54 bits per heavy atom. The third-order valence-electron chi connectivity index (χ3n) is 11.1. The van der Waals surface area contributed by atoms with Gasteiger partial charge in [-0.15, -0.1) is 11.6 Å². The molecule has 416 valence electrons. The molecule has 0 fully saturated rings. The van der Waals surface area contributed by atoms with Crippen molar-refractivity contribution in [3.05, 3.63) is 190 Å². The second-order valence-electron chi connectivity index (χ2n) is 16.2. The molecule has 9 aromatic rings. The largest absolute Gasteiger partial charge is 0.464 e. The molecule has 3 heterocycles. The van der Waals surface area contributed by atoms with Crippen molar-refractivity contribution in [1.82, 2.24) is 25.1 Å². The lowest BCUT2D eigenvalue weighted by Gasteiger charge is -2.09. The van der Waals surface area contributed by atoms with Gasteiger partial charge in [-0.2, -0.15) is 54.8 Å². The highest BCUT2D eigenvalue weighted by Crippen LogP contribution is 2.35. The summed E-state index contributed by atoms with van der Waals surface area (Å²) in [7, 11) is 3.54. The van der Waals surface area contributed by atoms with Crippen molar-refractivity contribution < 1.29 is 72.8 Å². The number of nitrogens with zero attached hydrogens (tertiary/aromatic N) is 4. The van der Waals surface area contributed by atoms with E-state index >= 15 is 0 Å². The number of esters is 3. The monoisotopic (exact) mass is 1240 g/mol. The SMILES string of the molecule is COC(=O)c1c2ccc(C(F)(F)F)cc2[nH][n+]1Cc1cc(Cl)ccc1Cl.COC(=O)c1n[nH]c2cc(C(F)(F)F)ccc12.COC(=O)c1nn(Cc2ccc(Cl)cc2Cl)c2cc(C(F)(F)F)ccc12.ClCc1ccc(Cl)cc1Cl. The van der Waals surface area contributed by atoms with Gasteiger partial charge in [-0.1, -0.05) is 86.4 Å². The van der Waals surface area contributed by atoms with Crippen LogP contribution in [0, 0.1) is 0 Å². The first-order valence-corrected chi connectivity index (χ1v) is 24.8. The zero-order valence-electron chi connectivity index (χ0n) is 40.3. The van der Waals surface area contributed by atoms with E-state index in [4.69, 9.17) is 85.9 Å². The minimum absolute atomic E-state index is 0.0313. The number of rotatable bonds is 8. The molecule has 0 aliphatic rings. The number of hydrogen-bond donors (Lipinski definition) is 2. The summed E-state index contributed by atoms with van der Waals surface area (Å²) in [4.78, 5) is 35.4. The highest BCUT2D eigenvalue weighted by molar-refractivity contribution is 6.36. The predicted octanol–water partition coefficient (Wildman–Crippen LogP) is 15.9. The normalized spacial score (nSPS) is 11.5. The van der Waals surface area contributed by atoms with Gasteiger partial charge < -0.3 is 14.2 Å². The highest BCUT2D eigenvalue weighted by atomic mass is 35.5. The minimum atomic E-state index is -4.52. The molecule has 0 bridgehead atoms. The molecule has 0 amide bonds. The predicted molar refractivity (Wildman–Crippen MR) is 280 cm³/mol. The lowest BCUT2D eigenvalue weighted by atomic mass is 10.1. The third-order valence-corrected chi connectivity index (χ3v) is 13.1. The number of alkyl halides is 10. The summed E-state index contributed by atoms with van der Waals surface area (Å²) in [6, 6.07) is 24.0. The molecule has 0 aliphatic heterocycles. The first kappa shape index (κ1) is 61.7. The topological polar surface area (TPSA) is 145 Å². The van der Waals surface area contributed by atoms with Crippen molar-refractivity contribution in [3.63, 3.8) is 0 Å². The Balaban J connectivity index is 0.000000179. The molecule has 0 spiro atoms. The number of H-pyrrole nitrogens is 2. The van der Waals surface area contributed by atoms with E-state index in [-0.39, 0.29) is 52.1 Å². The van der Waals surface area contributed by atoms with Crippen molar-refractivity contribution in [2.24, 2.45) is 0 Å². The van der Waals surface area contributed by atoms with Gasteiger partial charge in [0, 0.05) is 47.3 Å². The molecular weight excluding hydrogens is 1210 g/mol. The maximum atomic E-state index is 13.1. The lowest BCUT2D eigenvalue weighted by molar-refractivity contribution is -0.742. The number of benzene rings is 6. The molecule has 6 aromatic carbocycles. The summed E-state index contributed by atoms with van der Waals surface area (Å²) >= 11 is 41.1. The third kappa shape index (κ3) is 15.3. The van der Waals surface area contributed by atoms with Crippen LogP contribution in [-0.2, 0) is 51.7 Å². The second kappa shape index (κ2) is 25.8. The smallest absolute Gasteiger partial charge is 0.416 e. The van der Waals surface area contributed by atoms with Gasteiger partial charge in [0.2, 0.25) is 0 Å². The Bertz CT molecular complexity index is 3720. The van der Waals surface area contributed by atoms with Crippen molar-refractivity contribution in [3.8, 4) is 0 Å². The van der Waals surface area contributed by atoms with E-state index in [1.165, 1.54) is 55.0 Å². The number of nitrogens with one attached hydrogen (secondary N) is 2. The maximum Gasteiger partial charge on any atom is 0.416 e. The van der Waals surface area contributed by atoms with Gasteiger partial charge in [-0.3, -0.25) is 9.78 Å². The van der Waals surface area contributed by atoms with Gasteiger partial charge in [-0.25, -0.2) is 14.4 Å². The van der Waals surface area contributed by atoms with E-state index in [2.05, 4.69) is 29.9 Å². The Hall–Kier alpha value is -6.46. The van der Waals surface area contributed by atoms with Gasteiger partial charge in [-0.05, 0) is 108 Å². The number of ether oxygens (including phenoxy) is 3. The van der Waals surface area contributed by atoms with Crippen LogP contribution in [0.25, 0.3) is 32.7 Å². The van der Waals surface area contributed by atoms with E-state index in [1.807, 2.05) is 6.07 Å². The van der Waals surface area contributed by atoms with Crippen molar-refractivity contribution in [2.75, 3.05) is 21.3 Å². The van der Waals surface area contributed by atoms with Crippen LogP contribution < -0.4 is 4.68 Å². The fourth-order valence-electron chi connectivity index (χ4n) is 7.24. The molecule has 0 aliphatic carbocycles. The Kier molecular flexibility index (Phi) is 20.1. The van der Waals surface area contributed by atoms with Gasteiger partial charge in [0.15, 0.2) is 17.9 Å². The Labute approximate surface area is 475 Å². The summed E-state index contributed by atoms with van der Waals surface area (Å²) in [6.45, 7) is 0.157. The molecule has 28 heteroatoms. The van der Waals surface area contributed by atoms with E-state index < -0.39 is 53.1 Å². The van der Waals surface area contributed by atoms with Gasteiger partial charge in [0.1, 0.15) is 5.52 Å². The summed E-state index contributed by atoms with van der Waals surface area (Å²) in [5.41, 5.74) is 0.0547. The van der Waals surface area contributed by atoms with E-state index in [0.717, 1.165) is 42.0 Å². The van der Waals surface area contributed by atoms with Crippen molar-refractivity contribution in [1.29, 1.82) is 0 Å². The fourth-order valence-corrected chi connectivity index (χ4v) is 8.86. The zero-order chi connectivity index (χ0) is 58.3. The molecule has 0 radical (unpaired) electrons. The van der Waals surface area contributed by atoms with Crippen LogP contribution in [0.4, 0.5) is 39.5 Å². The molecule has 3 aromatic heterocycles. The summed E-state index contributed by atoms with van der Waals surface area (Å²) in [5.74, 6) is -1.70. The highest BCUT2D eigenvalue weighted by Gasteiger charge is 2.35. The second-order valence-corrected chi connectivity index (χ2v) is 19.0. The molecule has 0 atom stereocenters. The zero-order valence-corrected chi connectivity index (χ0v) is 45.6. The number of carbonyl (C=O) groups is 3. The maximum absolute atomic E-state index is 13.1. The van der Waals surface area contributed by atoms with E-state index in [1.54, 1.807) is 42.5 Å². The average molecular weight is 1250 g/mol. The van der Waals surface area contributed by atoms with Gasteiger partial charge in [0.05, 0.1) is 66.0 Å². The van der Waals surface area contributed by atoms with Gasteiger partial charge >= 0.3 is 42.1 Å². The molecule has 79 heavy (non-hydrogen) atoms. The molecule has 0 unspecified atom stereocenters. The van der Waals surface area contributed by atoms with Crippen LogP contribution in [0.3, 0.4) is 0 Å². The van der Waals surface area contributed by atoms with E-state index in [9.17, 15) is 53.9 Å². The first-order valence-electron chi connectivity index (χ1n) is 22.0. The lowest BCUT2D eigenvalue weighted by Crippen LogP contribution is -2.42. The Morgan fingerprint density at radius 1 is 0.532 bits per heavy atom. The quantitative estimate of drug-likeness (QED) is 0.0503. The molecular formula is C51H35Cl7F9N6O6+. The fraction of sp³-hybridized carbons (Fsp3) is 0.176. The molecule has 0 saturated heterocycles. The summed E-state index contributed by atoms with van der Waals surface area (Å²) < 4.78 is 132. The average Bonchev–Trinajstić information content (AvgIpc) is 4.33. The van der Waals surface area contributed by atoms with Crippen LogP contribution in [0.15, 0.2) is 109 Å². The van der Waals surface area contributed by atoms with Crippen LogP contribution in [0.1, 0.15) is 64.8 Å². The number of methoxy groups -OCH3 is 3. The van der Waals surface area contributed by atoms with Crippen LogP contribution in [0.2, 0.25) is 30.1 Å². The van der Waals surface area contributed by atoms with Gasteiger partial charge in [0.25, 0.3) is 0 Å². The summed E-state index contributed by atoms with van der Waals surface area (Å²) in [5, 5.41) is 16.7. The standard InChI is InChI=1S/2C17H11Cl2F3N2O2.C10H7F3N2O2.C7H5Cl3/c1-26-16(25)15-12-4-2-10(17(20,21)22)7-14(12)23-24(15)8-9-6-11(18)3-5-13(9)19;1-26-16(25)15-12-5-3-10(17(20,21)22)6-14(12)24(23-15)8-9-2-4-11(18)7-13(9)19;1-17-9(16)8-6-3-2-5(10(11,12)13)4-7(6)14-15-8;8-4-5-1-2-6(9)3-7(5)10/h2*2-7H,8H2,1H3;2-4H,1H3,(H,14,15);1-3H,4H2/p+1. The summed E-state index contributed by atoms with van der Waals surface area (Å²) in [6.07, 6.45) is -13.4. The van der Waals surface area contributed by atoms with Crippen molar-refractivity contribution in [2.45, 2.75) is 37.5 Å². The van der Waals surface area contributed by atoms with Crippen LogP contribution in [-0.4, -0.2) is 64.3 Å². The number of carbonyl (C=O) groups excluding carboxylic acids is 3. The van der Waals surface area contributed by atoms with Crippen LogP contribution in [0.5, 0.6) is 0 Å². The molecule has 9 rings (SSSR count). The number of aromatic amines is 2. The minimum Gasteiger partial charge on any atom is -0.464 e. The number of aromatic nitrogens is 6. The van der Waals surface area contributed by atoms with Crippen molar-refractivity contribution >= 4 is 132 Å². The first-order chi connectivity index (χ1) is 37.1. The number of hydrogen-bond acceptors (Lipinski definition) is 8. The Morgan fingerprint density at radius 2 is 1.01 bits per heavy atom. The molecule has 0 saturated carbocycles. The molecule has 12 nitrogen and oxygen atoms in total. The molecule has 2 N–H and O–H groups in total. The van der Waals surface area contributed by atoms with Crippen LogP contribution >= 0.6 is 81.2 Å². The number of fused-ring (bicyclic) bond motifs is 3. The number of halogens is 16.